The molecule has 1 aromatic heterocycles. The van der Waals surface area contributed by atoms with Gasteiger partial charge in [-0.1, -0.05) is 27.2 Å². The van der Waals surface area contributed by atoms with Crippen LogP contribution in [-0.4, -0.2) is 83.8 Å². The van der Waals surface area contributed by atoms with Crippen molar-refractivity contribution >= 4 is 30.0 Å². The molecule has 1 aromatic rings. The van der Waals surface area contributed by atoms with Gasteiger partial charge in [0.2, 0.25) is 5.60 Å². The predicted octanol–water partition coefficient (Wildman–Crippen LogP) is 1.41. The third-order valence-corrected chi connectivity index (χ3v) is 7.95. The smallest absolute Gasteiger partial charge is 0.323 e. The van der Waals surface area contributed by atoms with E-state index < -0.39 is 58.8 Å². The summed E-state index contributed by atoms with van der Waals surface area (Å²) in [6.07, 6.45) is -0.459. The van der Waals surface area contributed by atoms with Crippen molar-refractivity contribution in [3.63, 3.8) is 0 Å². The summed E-state index contributed by atoms with van der Waals surface area (Å²) >= 11 is 0. The van der Waals surface area contributed by atoms with E-state index in [0.717, 1.165) is 25.6 Å². The van der Waals surface area contributed by atoms with Crippen LogP contribution >= 0.6 is 0 Å². The highest BCUT2D eigenvalue weighted by atomic mass is 16.6. The average molecular weight is 603 g/mol. The maximum absolute atomic E-state index is 13.0. The van der Waals surface area contributed by atoms with E-state index in [1.54, 1.807) is 34.6 Å². The number of aliphatic hydroxyl groups is 1. The highest BCUT2D eigenvalue weighted by Gasteiger charge is 2.59. The van der Waals surface area contributed by atoms with E-state index in [-0.39, 0.29) is 36.2 Å². The maximum Gasteiger partial charge on any atom is 0.323 e. The van der Waals surface area contributed by atoms with Crippen molar-refractivity contribution in [3.8, 4) is 6.07 Å². The van der Waals surface area contributed by atoms with Crippen LogP contribution in [0.4, 0.5) is 0 Å². The van der Waals surface area contributed by atoms with Crippen LogP contribution in [0.15, 0.2) is 17.1 Å². The fourth-order valence-electron chi connectivity index (χ4n) is 4.52. The summed E-state index contributed by atoms with van der Waals surface area (Å²) in [6, 6.07) is 3.81. The molecule has 5 atom stereocenters. The molecule has 14 nitrogen and oxygen atoms in total. The topological polar surface area (TPSA) is 222 Å². The van der Waals surface area contributed by atoms with E-state index in [1.807, 2.05) is 6.07 Å². The molecule has 1 saturated heterocycles. The Morgan fingerprint density at radius 1 is 1.33 bits per heavy atom. The molecule has 2 aliphatic rings. The zero-order valence-electron chi connectivity index (χ0n) is 25.4. The predicted molar refractivity (Wildman–Crippen MR) is 154 cm³/mol. The van der Waals surface area contributed by atoms with Gasteiger partial charge in [0.05, 0.1) is 11.4 Å². The van der Waals surface area contributed by atoms with Crippen molar-refractivity contribution in [1.29, 1.82) is 10.7 Å². The van der Waals surface area contributed by atoms with E-state index in [1.165, 1.54) is 19.2 Å². The van der Waals surface area contributed by atoms with Crippen molar-refractivity contribution in [2.75, 3.05) is 13.7 Å². The molecule has 2 fully saturated rings. The number of amidine groups is 1. The fourth-order valence-corrected chi connectivity index (χ4v) is 4.52. The van der Waals surface area contributed by atoms with Gasteiger partial charge in [0, 0.05) is 13.5 Å². The molecule has 1 aliphatic carbocycles. The summed E-state index contributed by atoms with van der Waals surface area (Å²) in [4.78, 5) is 44.9. The summed E-state index contributed by atoms with van der Waals surface area (Å²) < 4.78 is 22.3. The molecule has 0 bridgehead atoms. The molecule has 1 aliphatic heterocycles. The van der Waals surface area contributed by atoms with Crippen LogP contribution in [0.5, 0.6) is 0 Å². The summed E-state index contributed by atoms with van der Waals surface area (Å²) in [7, 11) is 1.37. The van der Waals surface area contributed by atoms with Crippen molar-refractivity contribution in [1.82, 2.24) is 10.3 Å². The number of nitrogens with zero attached hydrogens (tertiary/aromatic N) is 2. The van der Waals surface area contributed by atoms with Gasteiger partial charge in [-0.05, 0) is 50.2 Å². The zero-order chi connectivity index (χ0) is 32.2. The monoisotopic (exact) mass is 602 g/mol. The molecule has 1 amide bonds. The number of ether oxygens (including phenoxy) is 4. The Hall–Kier alpha value is -3.64. The lowest BCUT2D eigenvalue weighted by Crippen LogP contribution is -2.49. The lowest BCUT2D eigenvalue weighted by atomic mass is 9.83. The van der Waals surface area contributed by atoms with E-state index in [4.69, 9.17) is 30.1 Å². The Morgan fingerprint density at radius 2 is 2.00 bits per heavy atom. The molecule has 6 N–H and O–H groups in total. The first kappa shape index (κ1) is 33.9. The molecule has 43 heavy (non-hydrogen) atoms. The van der Waals surface area contributed by atoms with Crippen LogP contribution in [0.1, 0.15) is 71.7 Å². The minimum Gasteiger partial charge on any atom is -0.463 e. The van der Waals surface area contributed by atoms with Gasteiger partial charge in [0.15, 0.2) is 11.9 Å². The van der Waals surface area contributed by atoms with Gasteiger partial charge in [-0.2, -0.15) is 5.26 Å². The van der Waals surface area contributed by atoms with Crippen LogP contribution in [-0.2, 0) is 38.9 Å². The minimum absolute atomic E-state index is 0.0416. The molecule has 14 heteroatoms. The number of carbonyl (C=O) groups excluding carboxylic acids is 3. The number of nitrogens with one attached hydrogen (secondary N) is 3. The van der Waals surface area contributed by atoms with Gasteiger partial charge in [0.25, 0.3) is 5.91 Å². The van der Waals surface area contributed by atoms with Crippen LogP contribution in [0, 0.1) is 28.1 Å². The third-order valence-electron chi connectivity index (χ3n) is 7.95. The average Bonchev–Trinajstić information content (AvgIpc) is 3.52. The number of nitriles is 1. The normalized spacial score (nSPS) is 25.3. The SMILES string of the molecule is COC(C)(C)C(=O)N/C(=N/C=N)c1ccc([C@]2(C#N)O[C@H](COC(=O)CC3CCC3)[C@@H](OC(=O)[C@H](N)C(C)(C)C)[C@H]2O)[nH]1. The minimum atomic E-state index is -2.11. The number of H-pyrrole nitrogens is 1. The Morgan fingerprint density at radius 3 is 2.53 bits per heavy atom. The summed E-state index contributed by atoms with van der Waals surface area (Å²) in [5.74, 6) is -1.64. The third kappa shape index (κ3) is 7.48. The number of nitrogens with two attached hydrogens (primary N) is 1. The number of amides is 1. The summed E-state index contributed by atoms with van der Waals surface area (Å²) in [5, 5.41) is 31.8. The highest BCUT2D eigenvalue weighted by molar-refractivity contribution is 6.10. The van der Waals surface area contributed by atoms with Gasteiger partial charge in [0.1, 0.15) is 42.9 Å². The first-order chi connectivity index (χ1) is 20.1. The van der Waals surface area contributed by atoms with E-state index >= 15 is 0 Å². The van der Waals surface area contributed by atoms with Crippen LogP contribution in [0.2, 0.25) is 0 Å². The Balaban J connectivity index is 1.91. The van der Waals surface area contributed by atoms with Crippen molar-refractivity contribution < 1.29 is 38.4 Å². The van der Waals surface area contributed by atoms with E-state index in [0.29, 0.717) is 0 Å². The standard InChI is InChI=1S/C29H42N6O8/c1-27(2,3)22(32)25(38)42-21-18(13-41-20(36)12-16-8-7-9-16)43-29(14-30,23(21)37)19-11-10-17(34-19)24(33-15-31)35-26(39)28(4,5)40-6/h10-11,15-16,18,21-23,34,37H,7-9,12-13,32H2,1-6H3,(H2,31,33,35,39)/t18-,21-,22+,23-,29+/m1/s1. The molecule has 0 radical (unpaired) electrons. The van der Waals surface area contributed by atoms with E-state index in [9.17, 15) is 24.8 Å². The van der Waals surface area contributed by atoms with E-state index in [2.05, 4.69) is 15.3 Å². The molecule has 2 heterocycles. The molecule has 236 valence electrons. The molecule has 1 saturated carbocycles. The fraction of sp³-hybridized carbons (Fsp3) is 0.655. The Bertz CT molecular complexity index is 1270. The summed E-state index contributed by atoms with van der Waals surface area (Å²) in [5.41, 5.74) is 2.33. The van der Waals surface area contributed by atoms with Crippen LogP contribution in [0.25, 0.3) is 0 Å². The molecule has 0 aromatic carbocycles. The largest absolute Gasteiger partial charge is 0.463 e. The number of hydrogen-bond donors (Lipinski definition) is 5. The quantitative estimate of drug-likeness (QED) is 0.139. The molecule has 0 unspecified atom stereocenters. The lowest BCUT2D eigenvalue weighted by molar-refractivity contribution is -0.163. The first-order valence-electron chi connectivity index (χ1n) is 14.1. The number of aliphatic hydroxyl groups excluding tert-OH is 1. The number of methoxy groups -OCH3 is 1. The molecule has 0 spiro atoms. The van der Waals surface area contributed by atoms with Crippen LogP contribution < -0.4 is 11.1 Å². The second kappa shape index (κ2) is 13.3. The number of aromatic nitrogens is 1. The van der Waals surface area contributed by atoms with Crippen LogP contribution in [0.3, 0.4) is 0 Å². The van der Waals surface area contributed by atoms with Gasteiger partial charge < -0.3 is 40.1 Å². The Kier molecular flexibility index (Phi) is 10.5. The van der Waals surface area contributed by atoms with Gasteiger partial charge >= 0.3 is 11.9 Å². The number of rotatable bonds is 11. The van der Waals surface area contributed by atoms with Crippen molar-refractivity contribution in [3.05, 3.63) is 23.5 Å². The first-order valence-corrected chi connectivity index (χ1v) is 14.1. The van der Waals surface area contributed by atoms with Crippen molar-refractivity contribution in [2.24, 2.45) is 22.1 Å². The zero-order valence-corrected chi connectivity index (χ0v) is 25.4. The van der Waals surface area contributed by atoms with Gasteiger partial charge in [-0.25, -0.2) is 4.99 Å². The Labute approximate surface area is 250 Å². The number of aromatic amines is 1. The molecule has 3 rings (SSSR count). The molecular weight excluding hydrogens is 560 g/mol. The lowest BCUT2D eigenvalue weighted by Gasteiger charge is -2.29. The van der Waals surface area contributed by atoms with Gasteiger partial charge in [-0.3, -0.25) is 19.8 Å². The number of hydrogen-bond acceptors (Lipinski definition) is 11. The number of esters is 2. The van der Waals surface area contributed by atoms with Crippen molar-refractivity contribution in [2.45, 2.75) is 95.9 Å². The number of carbonyl (C=O) groups is 3. The highest BCUT2D eigenvalue weighted by Crippen LogP contribution is 2.41. The molecular formula is C29H42N6O8. The van der Waals surface area contributed by atoms with Gasteiger partial charge in [-0.15, -0.1) is 0 Å². The second-order valence-corrected chi connectivity index (χ2v) is 12.4. The summed E-state index contributed by atoms with van der Waals surface area (Å²) in [6.45, 7) is 7.96. The second-order valence-electron chi connectivity index (χ2n) is 12.4. The number of aliphatic imine (C=N–C) groups is 1. The maximum atomic E-state index is 13.0.